The third-order valence-corrected chi connectivity index (χ3v) is 2.08. The van der Waals surface area contributed by atoms with Crippen molar-refractivity contribution < 1.29 is 14.3 Å². The van der Waals surface area contributed by atoms with Gasteiger partial charge in [-0.25, -0.2) is 0 Å². The highest BCUT2D eigenvalue weighted by molar-refractivity contribution is 5.98. The van der Waals surface area contributed by atoms with Crippen molar-refractivity contribution in [1.29, 1.82) is 5.26 Å². The van der Waals surface area contributed by atoms with Gasteiger partial charge in [0.15, 0.2) is 12.1 Å². The van der Waals surface area contributed by atoms with Crippen LogP contribution < -0.4 is 4.74 Å². The molecule has 0 atom stereocenters. The van der Waals surface area contributed by atoms with E-state index in [9.17, 15) is 9.59 Å². The van der Waals surface area contributed by atoms with Gasteiger partial charge in [-0.3, -0.25) is 9.59 Å². The van der Waals surface area contributed by atoms with Crippen LogP contribution >= 0.6 is 0 Å². The number of hydrogen-bond donors (Lipinski definition) is 0. The zero-order valence-corrected chi connectivity index (χ0v) is 9.11. The molecule has 0 radical (unpaired) electrons. The van der Waals surface area contributed by atoms with Crippen molar-refractivity contribution in [3.05, 3.63) is 28.8 Å². The highest BCUT2D eigenvalue weighted by Crippen LogP contribution is 2.22. The fraction of sp³-hybridized carbons (Fsp3) is 0.250. The molecule has 4 heteroatoms. The Balaban J connectivity index is 3.41. The number of aldehydes is 1. The number of Topliss-reactive ketones (excluding diaryl/α,β-unsaturated/α-hetero) is 1. The van der Waals surface area contributed by atoms with Crippen LogP contribution in [0.2, 0.25) is 0 Å². The molecule has 0 spiro atoms. The Bertz CT molecular complexity index is 472. The van der Waals surface area contributed by atoms with Crippen LogP contribution in [0.3, 0.4) is 0 Å². The molecule has 0 saturated carbocycles. The van der Waals surface area contributed by atoms with Crippen LogP contribution in [0.1, 0.15) is 40.1 Å². The SMILES string of the molecule is CCOc1cc(C#N)c(C(C)=O)cc1C=O. The molecule has 0 aliphatic rings. The first kappa shape index (κ1) is 11.9. The molecule has 0 saturated heterocycles. The van der Waals surface area contributed by atoms with Gasteiger partial charge in [0.25, 0.3) is 0 Å². The number of ether oxygens (including phenoxy) is 1. The van der Waals surface area contributed by atoms with Crippen molar-refractivity contribution in [3.63, 3.8) is 0 Å². The first-order chi connectivity index (χ1) is 7.63. The average Bonchev–Trinajstić information content (AvgIpc) is 2.28. The largest absolute Gasteiger partial charge is 0.493 e. The van der Waals surface area contributed by atoms with Crippen LogP contribution in [0.5, 0.6) is 5.75 Å². The van der Waals surface area contributed by atoms with Gasteiger partial charge in [0.2, 0.25) is 0 Å². The maximum absolute atomic E-state index is 11.3. The lowest BCUT2D eigenvalue weighted by Crippen LogP contribution is -2.02. The van der Waals surface area contributed by atoms with Crippen LogP contribution in [0.4, 0.5) is 0 Å². The minimum absolute atomic E-state index is 0.224. The second-order valence-corrected chi connectivity index (χ2v) is 3.15. The monoisotopic (exact) mass is 217 g/mol. The van der Waals surface area contributed by atoms with E-state index in [0.29, 0.717) is 18.6 Å². The zero-order valence-electron chi connectivity index (χ0n) is 9.11. The summed E-state index contributed by atoms with van der Waals surface area (Å²) < 4.78 is 5.21. The van der Waals surface area contributed by atoms with E-state index in [1.54, 1.807) is 6.92 Å². The van der Waals surface area contributed by atoms with Gasteiger partial charge < -0.3 is 4.74 Å². The summed E-state index contributed by atoms with van der Waals surface area (Å²) in [5, 5.41) is 8.88. The first-order valence-corrected chi connectivity index (χ1v) is 4.81. The number of hydrogen-bond acceptors (Lipinski definition) is 4. The maximum Gasteiger partial charge on any atom is 0.161 e. The Hall–Kier alpha value is -2.15. The lowest BCUT2D eigenvalue weighted by atomic mass is 10.0. The summed E-state index contributed by atoms with van der Waals surface area (Å²) in [4.78, 5) is 22.1. The number of carbonyl (C=O) groups is 2. The first-order valence-electron chi connectivity index (χ1n) is 4.81. The summed E-state index contributed by atoms with van der Waals surface area (Å²) in [6.45, 7) is 3.52. The number of nitrogens with zero attached hydrogens (tertiary/aromatic N) is 1. The molecule has 1 aromatic rings. The van der Waals surface area contributed by atoms with Crippen molar-refractivity contribution >= 4 is 12.1 Å². The summed E-state index contributed by atoms with van der Waals surface area (Å²) in [6.07, 6.45) is 0.610. The van der Waals surface area contributed by atoms with E-state index in [4.69, 9.17) is 10.00 Å². The topological polar surface area (TPSA) is 67.2 Å². The summed E-state index contributed by atoms with van der Waals surface area (Å²) in [6, 6.07) is 4.72. The molecular weight excluding hydrogens is 206 g/mol. The minimum Gasteiger partial charge on any atom is -0.493 e. The van der Waals surface area contributed by atoms with Gasteiger partial charge in [-0.05, 0) is 26.0 Å². The lowest BCUT2D eigenvalue weighted by Gasteiger charge is -2.08. The fourth-order valence-electron chi connectivity index (χ4n) is 1.35. The van der Waals surface area contributed by atoms with E-state index < -0.39 is 0 Å². The molecule has 16 heavy (non-hydrogen) atoms. The highest BCUT2D eigenvalue weighted by atomic mass is 16.5. The van der Waals surface area contributed by atoms with Gasteiger partial charge >= 0.3 is 0 Å². The molecule has 0 aliphatic carbocycles. The molecule has 0 amide bonds. The van der Waals surface area contributed by atoms with Crippen molar-refractivity contribution in [2.75, 3.05) is 6.61 Å². The number of ketones is 1. The van der Waals surface area contributed by atoms with Crippen molar-refractivity contribution in [1.82, 2.24) is 0 Å². The predicted octanol–water partition coefficient (Wildman–Crippen LogP) is 1.97. The molecule has 0 aliphatic heterocycles. The van der Waals surface area contributed by atoms with E-state index in [0.717, 1.165) is 0 Å². The number of rotatable bonds is 4. The van der Waals surface area contributed by atoms with Crippen LogP contribution in [-0.2, 0) is 0 Å². The van der Waals surface area contributed by atoms with Crippen molar-refractivity contribution in [3.8, 4) is 11.8 Å². The third kappa shape index (κ3) is 2.26. The maximum atomic E-state index is 11.3. The average molecular weight is 217 g/mol. The molecule has 0 unspecified atom stereocenters. The van der Waals surface area contributed by atoms with Gasteiger partial charge in [-0.1, -0.05) is 0 Å². The minimum atomic E-state index is -0.248. The number of carbonyl (C=O) groups excluding carboxylic acids is 2. The highest BCUT2D eigenvalue weighted by Gasteiger charge is 2.13. The standard InChI is InChI=1S/C12H11NO3/c1-3-16-12-5-9(6-13)11(8(2)15)4-10(12)7-14/h4-5,7H,3H2,1-2H3. The van der Waals surface area contributed by atoms with E-state index in [1.807, 2.05) is 6.07 Å². The summed E-state index contributed by atoms with van der Waals surface area (Å²) in [5.74, 6) is 0.0850. The van der Waals surface area contributed by atoms with Gasteiger partial charge in [0, 0.05) is 5.56 Å². The third-order valence-electron chi connectivity index (χ3n) is 2.08. The second-order valence-electron chi connectivity index (χ2n) is 3.15. The van der Waals surface area contributed by atoms with Gasteiger partial charge in [-0.2, -0.15) is 5.26 Å². The van der Waals surface area contributed by atoms with E-state index in [2.05, 4.69) is 0 Å². The number of nitriles is 1. The molecule has 1 rings (SSSR count). The van der Waals surface area contributed by atoms with Crippen LogP contribution in [0, 0.1) is 11.3 Å². The number of benzene rings is 1. The van der Waals surface area contributed by atoms with Crippen molar-refractivity contribution in [2.24, 2.45) is 0 Å². The fourth-order valence-corrected chi connectivity index (χ4v) is 1.35. The summed E-state index contributed by atoms with van der Waals surface area (Å²) >= 11 is 0. The molecule has 82 valence electrons. The molecule has 4 nitrogen and oxygen atoms in total. The van der Waals surface area contributed by atoms with Crippen LogP contribution in [0.25, 0.3) is 0 Å². The molecule has 1 aromatic carbocycles. The van der Waals surface area contributed by atoms with Crippen molar-refractivity contribution in [2.45, 2.75) is 13.8 Å². The Morgan fingerprint density at radius 1 is 1.56 bits per heavy atom. The summed E-state index contributed by atoms with van der Waals surface area (Å²) in [7, 11) is 0. The van der Waals surface area contributed by atoms with Gasteiger partial charge in [0.05, 0.1) is 17.7 Å². The van der Waals surface area contributed by atoms with E-state index in [1.165, 1.54) is 19.1 Å². The summed E-state index contributed by atoms with van der Waals surface area (Å²) in [5.41, 5.74) is 0.751. The molecule has 0 heterocycles. The van der Waals surface area contributed by atoms with Gasteiger partial charge in [0.1, 0.15) is 11.8 Å². The molecule has 0 aromatic heterocycles. The zero-order chi connectivity index (χ0) is 12.1. The molecular formula is C12H11NO3. The Morgan fingerprint density at radius 3 is 2.69 bits per heavy atom. The predicted molar refractivity (Wildman–Crippen MR) is 57.7 cm³/mol. The van der Waals surface area contributed by atoms with Gasteiger partial charge in [-0.15, -0.1) is 0 Å². The molecule has 0 bridgehead atoms. The molecule has 0 N–H and O–H groups in total. The van der Waals surface area contributed by atoms with E-state index in [-0.39, 0.29) is 22.5 Å². The van der Waals surface area contributed by atoms with Crippen LogP contribution in [0.15, 0.2) is 12.1 Å². The molecule has 0 fully saturated rings. The second kappa shape index (κ2) is 5.08. The smallest absolute Gasteiger partial charge is 0.161 e. The van der Waals surface area contributed by atoms with E-state index >= 15 is 0 Å². The Morgan fingerprint density at radius 2 is 2.25 bits per heavy atom. The Labute approximate surface area is 93.5 Å². The quantitative estimate of drug-likeness (QED) is 0.571. The van der Waals surface area contributed by atoms with Crippen LogP contribution in [-0.4, -0.2) is 18.7 Å². The Kier molecular flexibility index (Phi) is 3.78. The lowest BCUT2D eigenvalue weighted by molar-refractivity contribution is 0.101. The normalized spacial score (nSPS) is 9.31.